The van der Waals surface area contributed by atoms with Crippen LogP contribution in [0.25, 0.3) is 40.9 Å². The first-order valence-electron chi connectivity index (χ1n) is 37.4. The van der Waals surface area contributed by atoms with Crippen LogP contribution in [0.3, 0.4) is 0 Å². The molecule has 11 N–H and O–H groups in total. The van der Waals surface area contributed by atoms with Crippen molar-refractivity contribution >= 4 is 203 Å². The van der Waals surface area contributed by atoms with Crippen molar-refractivity contribution in [2.75, 3.05) is 27.4 Å². The Bertz CT molecular complexity index is 5190. The molecule has 0 aliphatic carbocycles. The molecule has 114 heavy (non-hydrogen) atoms. The van der Waals surface area contributed by atoms with Gasteiger partial charge in [-0.2, -0.15) is 0 Å². The van der Waals surface area contributed by atoms with Crippen LogP contribution in [0.2, 0.25) is 4.47 Å². The number of H-pyrrole nitrogens is 2. The average molecular weight is 1840 g/mol. The molecule has 14 aromatic rings. The fourth-order valence-corrected chi connectivity index (χ4v) is 17.7. The standard InChI is InChI=1S/C41H50BrN11O2S.C9H7Br2NS.C9H8ClNS.C9H10N2S.C9H12N2S.C8H11N/c1-3-5-7-15-37(54)49-33-13-9-11-31(47-33)25-52(27-35-43-19-20-44-35)23-29-17-18-30(40-39(29)51-41(42)56-40)24-53(28-36-45-21-22-46-36)26-32-12-10-14-34(48-32)50-38(55)16-8-6-4-2;1-5-2-3-6(4-10)7-8(5)13-9(11)12-7;2*1-5-3-4-6(2)8-7(5)11-9(10)12-8;1-6-3-4-7(2)8(5-6)11-9(10)12;1-6-3-4-7(2)8(9)5-6/h9-14,17-22H,3-8,15-16,23-28H2,1-2H3,(H,43,44)(H,45,46)(H,47,49,54)(H,48,50,55);2-3H,4H2,1H3;3-4H,1-2H3;3-4H,1-2H3,(H2,10,11);3-5H,1-2H3,(H3,10,11,12);3-5H,9H2,1-2H3. The van der Waals surface area contributed by atoms with Crippen LogP contribution in [0.4, 0.5) is 28.1 Å². The summed E-state index contributed by atoms with van der Waals surface area (Å²) >= 11 is 27.6. The lowest BCUT2D eigenvalue weighted by molar-refractivity contribution is -0.117. The van der Waals surface area contributed by atoms with E-state index in [1.807, 2.05) is 101 Å². The number of halogens is 4. The lowest BCUT2D eigenvalue weighted by atomic mass is 10.1. The number of benzene rings is 6. The highest BCUT2D eigenvalue weighted by atomic mass is 79.9. The molecule has 0 saturated heterocycles. The topological polar surface area (TPSA) is 289 Å². The Balaban J connectivity index is 0.000000201. The molecular weight excluding hydrogens is 1740 g/mol. The van der Waals surface area contributed by atoms with E-state index in [2.05, 4.69) is 218 Å². The molecule has 2 amide bonds. The number of thiazole rings is 4. The van der Waals surface area contributed by atoms with E-state index in [1.165, 1.54) is 58.6 Å². The zero-order chi connectivity index (χ0) is 82.0. The number of nitrogens with zero attached hydrogens (tertiary/aromatic N) is 10. The third-order valence-electron chi connectivity index (χ3n) is 18.2. The van der Waals surface area contributed by atoms with E-state index in [0.29, 0.717) is 78.5 Å². The molecule has 20 nitrogen and oxygen atoms in total. The number of nitrogens with one attached hydrogen (secondary N) is 5. The summed E-state index contributed by atoms with van der Waals surface area (Å²) in [5, 5.41) is 10.7. The highest BCUT2D eigenvalue weighted by Gasteiger charge is 2.21. The summed E-state index contributed by atoms with van der Waals surface area (Å²) in [6.07, 6.45) is 14.1. The van der Waals surface area contributed by atoms with E-state index in [1.54, 1.807) is 57.7 Å². The Hall–Kier alpha value is -8.52. The van der Waals surface area contributed by atoms with Crippen LogP contribution in [-0.2, 0) is 54.2 Å². The van der Waals surface area contributed by atoms with E-state index in [9.17, 15) is 9.59 Å². The van der Waals surface area contributed by atoms with Crippen LogP contribution in [0.15, 0.2) is 154 Å². The number of alkyl halides is 1. The molecule has 0 spiro atoms. The minimum absolute atomic E-state index is 0.0111. The number of hydrogen-bond donors (Lipinski definition) is 8. The maximum absolute atomic E-state index is 12.5. The van der Waals surface area contributed by atoms with Crippen molar-refractivity contribution in [3.05, 3.63) is 248 Å². The fourth-order valence-electron chi connectivity index (χ4n) is 12.1. The number of thiocarbonyl (C=S) groups is 1. The van der Waals surface area contributed by atoms with Crippen LogP contribution in [0, 0.1) is 62.3 Å². The maximum atomic E-state index is 12.5. The second-order valence-electron chi connectivity index (χ2n) is 27.7. The number of aromatic nitrogens is 10. The van der Waals surface area contributed by atoms with Crippen molar-refractivity contribution < 1.29 is 9.59 Å². The number of rotatable bonds is 24. The molecule has 0 unspecified atom stereocenters. The number of aromatic amines is 2. The summed E-state index contributed by atoms with van der Waals surface area (Å²) in [7, 11) is 0. The smallest absolute Gasteiger partial charge is 0.225 e. The van der Waals surface area contributed by atoms with Crippen LogP contribution < -0.4 is 33.2 Å². The Morgan fingerprint density at radius 1 is 0.482 bits per heavy atom. The minimum atomic E-state index is -0.0127. The monoisotopic (exact) mass is 1830 g/mol. The molecule has 8 aromatic heterocycles. The number of aryl methyl sites for hydroxylation is 9. The molecule has 0 saturated carbocycles. The molecular formula is C85H98Br3ClN18O2S5. The largest absolute Gasteiger partial charge is 0.399 e. The second-order valence-corrected chi connectivity index (χ2v) is 35.9. The van der Waals surface area contributed by atoms with Crippen molar-refractivity contribution in [1.29, 1.82) is 0 Å². The first kappa shape index (κ1) is 89.4. The molecule has 0 aliphatic heterocycles. The number of hydrogen-bond acceptors (Lipinski definition) is 19. The molecule has 598 valence electrons. The number of pyridine rings is 2. The maximum Gasteiger partial charge on any atom is 0.225 e. The highest BCUT2D eigenvalue weighted by molar-refractivity contribution is 9.11. The van der Waals surface area contributed by atoms with Crippen LogP contribution in [0.5, 0.6) is 0 Å². The quantitative estimate of drug-likeness (QED) is 0.0121. The summed E-state index contributed by atoms with van der Waals surface area (Å²) in [5.74, 6) is 2.80. The minimum Gasteiger partial charge on any atom is -0.399 e. The Kier molecular flexibility index (Phi) is 34.9. The molecule has 0 fully saturated rings. The van der Waals surface area contributed by atoms with Gasteiger partial charge >= 0.3 is 0 Å². The van der Waals surface area contributed by atoms with Gasteiger partial charge in [-0.25, -0.2) is 39.9 Å². The van der Waals surface area contributed by atoms with E-state index in [4.69, 9.17) is 56.0 Å². The van der Waals surface area contributed by atoms with E-state index >= 15 is 0 Å². The summed E-state index contributed by atoms with van der Waals surface area (Å²) in [6, 6.07) is 40.7. The number of imidazole rings is 2. The molecule has 0 aliphatic rings. The molecule has 29 heteroatoms. The number of carbonyl (C=O) groups excluding carboxylic acids is 2. The number of amides is 2. The van der Waals surface area contributed by atoms with Gasteiger partial charge in [0.15, 0.2) is 22.5 Å². The number of fused-ring (bicyclic) bond motifs is 4. The molecule has 6 aromatic carbocycles. The van der Waals surface area contributed by atoms with Crippen molar-refractivity contribution in [2.45, 2.75) is 172 Å². The van der Waals surface area contributed by atoms with Crippen molar-refractivity contribution in [2.24, 2.45) is 5.73 Å². The van der Waals surface area contributed by atoms with Gasteiger partial charge in [-0.1, -0.05) is 163 Å². The number of unbranched alkanes of at least 4 members (excludes halogenated alkanes) is 4. The molecule has 8 heterocycles. The summed E-state index contributed by atoms with van der Waals surface area (Å²) < 4.78 is 7.20. The van der Waals surface area contributed by atoms with Gasteiger partial charge in [0, 0.05) is 80.5 Å². The summed E-state index contributed by atoms with van der Waals surface area (Å²) in [6.45, 7) is 26.2. The third kappa shape index (κ3) is 27.3. The Morgan fingerprint density at radius 2 is 0.939 bits per heavy atom. The van der Waals surface area contributed by atoms with Crippen molar-refractivity contribution in [3.8, 4) is 0 Å². The Morgan fingerprint density at radius 3 is 1.43 bits per heavy atom. The van der Waals surface area contributed by atoms with Crippen molar-refractivity contribution in [1.82, 2.24) is 59.6 Å². The zero-order valence-corrected chi connectivity index (χ0v) is 75.6. The van der Waals surface area contributed by atoms with Gasteiger partial charge in [0.1, 0.15) is 23.3 Å². The lowest BCUT2D eigenvalue weighted by Gasteiger charge is -2.23. The van der Waals surface area contributed by atoms with Gasteiger partial charge in [-0.05, 0) is 222 Å². The van der Waals surface area contributed by atoms with Gasteiger partial charge in [0.05, 0.1) is 65.3 Å². The number of nitrogen functional groups attached to an aromatic ring is 2. The van der Waals surface area contributed by atoms with Gasteiger partial charge in [-0.15, -0.1) is 34.0 Å². The third-order valence-corrected chi connectivity index (χ3v) is 24.4. The van der Waals surface area contributed by atoms with E-state index in [0.717, 1.165) is 135 Å². The first-order chi connectivity index (χ1) is 54.7. The zero-order valence-electron chi connectivity index (χ0n) is 66.0. The highest BCUT2D eigenvalue weighted by Crippen LogP contribution is 2.36. The number of anilines is 5. The van der Waals surface area contributed by atoms with Crippen LogP contribution in [-0.4, -0.2) is 76.6 Å². The normalized spacial score (nSPS) is 11.0. The number of carbonyl (C=O) groups is 2. The predicted molar refractivity (Wildman–Crippen MR) is 493 cm³/mol. The SMILES string of the molecule is CCCCCC(=O)Nc1cccc(CN(Cc2ncc[nH]2)Cc2ccc(CN(Cc3cccc(NC(=O)CCCCC)n3)Cc3ncc[nH]3)c3sc(Br)nc23)n1.Cc1ccc(C)c(N)c1.Cc1ccc(C)c(NC(N)=S)c1.Cc1ccc(C)c2sc(Cl)nc12.Cc1ccc(C)c2sc(N)nc12.Cc1ccc(CBr)c2nc(Br)sc12. The molecule has 0 radical (unpaired) electrons. The van der Waals surface area contributed by atoms with Crippen molar-refractivity contribution in [3.63, 3.8) is 0 Å². The second kappa shape index (κ2) is 44.5. The summed E-state index contributed by atoms with van der Waals surface area (Å²) in [4.78, 5) is 72.7. The average Bonchev–Trinajstić information content (AvgIpc) is 1.64. The molecule has 0 atom stereocenters. The van der Waals surface area contributed by atoms with Crippen LogP contribution in [0.1, 0.15) is 155 Å². The van der Waals surface area contributed by atoms with Gasteiger partial charge in [0.2, 0.25) is 11.8 Å². The predicted octanol–water partition coefficient (Wildman–Crippen LogP) is 22.9. The lowest BCUT2D eigenvalue weighted by Crippen LogP contribution is -2.25. The van der Waals surface area contributed by atoms with Gasteiger partial charge in [-0.3, -0.25) is 19.4 Å². The van der Waals surface area contributed by atoms with Gasteiger partial charge in [0.25, 0.3) is 0 Å². The first-order valence-corrected chi connectivity index (χ1v) is 44.2. The van der Waals surface area contributed by atoms with Crippen LogP contribution >= 0.6 is 117 Å². The molecule has 0 bridgehead atoms. The van der Waals surface area contributed by atoms with E-state index < -0.39 is 0 Å². The van der Waals surface area contributed by atoms with Gasteiger partial charge < -0.3 is 43.1 Å². The van der Waals surface area contributed by atoms with E-state index in [-0.39, 0.29) is 11.8 Å². The summed E-state index contributed by atoms with van der Waals surface area (Å²) in [5.41, 5.74) is 38.7. The fraction of sp³-hybridized carbons (Fsp3) is 0.306. The number of nitrogens with two attached hydrogens (primary N) is 3. The Labute approximate surface area is 719 Å². The molecule has 14 rings (SSSR count).